The van der Waals surface area contributed by atoms with Crippen molar-refractivity contribution in [3.63, 3.8) is 0 Å². The quantitative estimate of drug-likeness (QED) is 0.448. The van der Waals surface area contributed by atoms with E-state index in [1.165, 1.54) is 0 Å². The SMILES string of the molecule is CSCCC(NS(=O)(=O)c1ccc(C)cc1)C(=O)NCc1cccc(Cn2cccn2)c1. The van der Waals surface area contributed by atoms with Gasteiger partial charge in [-0.15, -0.1) is 0 Å². The molecule has 1 heterocycles. The number of rotatable bonds is 11. The molecule has 0 radical (unpaired) electrons. The smallest absolute Gasteiger partial charge is 0.241 e. The summed E-state index contributed by atoms with van der Waals surface area (Å²) in [6.45, 7) is 2.85. The second kappa shape index (κ2) is 11.3. The van der Waals surface area contributed by atoms with E-state index in [0.717, 1.165) is 16.7 Å². The van der Waals surface area contributed by atoms with Crippen molar-refractivity contribution in [1.29, 1.82) is 0 Å². The van der Waals surface area contributed by atoms with E-state index in [-0.39, 0.29) is 10.8 Å². The molecular weight excluding hydrogens is 444 g/mol. The maximum absolute atomic E-state index is 12.9. The molecule has 0 fully saturated rings. The van der Waals surface area contributed by atoms with Gasteiger partial charge in [-0.3, -0.25) is 9.48 Å². The molecule has 0 saturated heterocycles. The van der Waals surface area contributed by atoms with Crippen molar-refractivity contribution in [3.8, 4) is 0 Å². The summed E-state index contributed by atoms with van der Waals surface area (Å²) in [5, 5.41) is 7.09. The topological polar surface area (TPSA) is 93.1 Å². The lowest BCUT2D eigenvalue weighted by Gasteiger charge is -2.18. The summed E-state index contributed by atoms with van der Waals surface area (Å²) in [5.74, 6) is 0.320. The van der Waals surface area contributed by atoms with Gasteiger partial charge in [-0.1, -0.05) is 42.0 Å². The van der Waals surface area contributed by atoms with Crippen LogP contribution in [0.5, 0.6) is 0 Å². The summed E-state index contributed by atoms with van der Waals surface area (Å²) in [7, 11) is -3.80. The molecule has 1 aromatic heterocycles. The Hall–Kier alpha value is -2.62. The van der Waals surface area contributed by atoms with Crippen molar-refractivity contribution in [2.24, 2.45) is 0 Å². The highest BCUT2D eigenvalue weighted by atomic mass is 32.2. The standard InChI is InChI=1S/C23H28N4O3S2/c1-18-7-9-21(10-8-18)32(29,30)26-22(11-14-31-2)23(28)24-16-19-5-3-6-20(15-19)17-27-13-4-12-25-27/h3-10,12-13,15,22,26H,11,14,16-17H2,1-2H3,(H,24,28). The maximum Gasteiger partial charge on any atom is 0.241 e. The third-order valence-electron chi connectivity index (χ3n) is 4.92. The Bertz CT molecular complexity index is 1110. The molecule has 170 valence electrons. The van der Waals surface area contributed by atoms with E-state index in [1.54, 1.807) is 42.2 Å². The molecule has 2 N–H and O–H groups in total. The van der Waals surface area contributed by atoms with Crippen molar-refractivity contribution in [2.45, 2.75) is 37.4 Å². The third kappa shape index (κ3) is 6.94. The molecule has 9 heteroatoms. The van der Waals surface area contributed by atoms with Crippen LogP contribution in [0.3, 0.4) is 0 Å². The largest absolute Gasteiger partial charge is 0.351 e. The molecule has 3 aromatic rings. The average Bonchev–Trinajstić information content (AvgIpc) is 3.28. The van der Waals surface area contributed by atoms with E-state index in [2.05, 4.69) is 15.1 Å². The zero-order valence-electron chi connectivity index (χ0n) is 18.2. The molecule has 1 amide bonds. The minimum absolute atomic E-state index is 0.149. The van der Waals surface area contributed by atoms with Gasteiger partial charge in [0.25, 0.3) is 0 Å². The van der Waals surface area contributed by atoms with E-state index in [9.17, 15) is 13.2 Å². The first kappa shape index (κ1) is 24.0. The molecule has 0 aliphatic rings. The monoisotopic (exact) mass is 472 g/mol. The van der Waals surface area contributed by atoms with E-state index >= 15 is 0 Å². The van der Waals surface area contributed by atoms with Crippen LogP contribution in [0.25, 0.3) is 0 Å². The van der Waals surface area contributed by atoms with Crippen LogP contribution in [0.1, 0.15) is 23.1 Å². The molecule has 0 spiro atoms. The predicted molar refractivity (Wildman–Crippen MR) is 128 cm³/mol. The second-order valence-corrected chi connectivity index (χ2v) is 10.2. The minimum atomic E-state index is -3.80. The van der Waals surface area contributed by atoms with Gasteiger partial charge in [0.15, 0.2) is 0 Å². The number of amides is 1. The van der Waals surface area contributed by atoms with Gasteiger partial charge in [-0.05, 0) is 54.7 Å². The lowest BCUT2D eigenvalue weighted by Crippen LogP contribution is -2.46. The van der Waals surface area contributed by atoms with Gasteiger partial charge < -0.3 is 5.32 Å². The summed E-state index contributed by atoms with van der Waals surface area (Å²) in [4.78, 5) is 13.0. The van der Waals surface area contributed by atoms with Crippen LogP contribution in [0.2, 0.25) is 0 Å². The first-order valence-electron chi connectivity index (χ1n) is 10.3. The van der Waals surface area contributed by atoms with Crippen LogP contribution in [-0.2, 0) is 27.9 Å². The molecule has 1 atom stereocenters. The van der Waals surface area contributed by atoms with Crippen molar-refractivity contribution in [3.05, 3.63) is 83.7 Å². The fourth-order valence-electron chi connectivity index (χ4n) is 3.18. The fraction of sp³-hybridized carbons (Fsp3) is 0.304. The summed E-state index contributed by atoms with van der Waals surface area (Å²) in [6.07, 6.45) is 5.95. The Kier molecular flexibility index (Phi) is 8.49. The Labute approximate surface area is 193 Å². The highest BCUT2D eigenvalue weighted by molar-refractivity contribution is 7.98. The van der Waals surface area contributed by atoms with Crippen LogP contribution in [0.4, 0.5) is 0 Å². The van der Waals surface area contributed by atoms with Gasteiger partial charge in [-0.2, -0.15) is 21.6 Å². The van der Waals surface area contributed by atoms with E-state index in [0.29, 0.717) is 25.3 Å². The number of nitrogens with zero attached hydrogens (tertiary/aromatic N) is 2. The molecule has 2 aromatic carbocycles. The number of benzene rings is 2. The average molecular weight is 473 g/mol. The highest BCUT2D eigenvalue weighted by Gasteiger charge is 2.25. The van der Waals surface area contributed by atoms with Crippen LogP contribution in [0.15, 0.2) is 71.9 Å². The number of thioether (sulfide) groups is 1. The van der Waals surface area contributed by atoms with Crippen molar-refractivity contribution >= 4 is 27.7 Å². The molecule has 0 bridgehead atoms. The predicted octanol–water partition coefficient (Wildman–Crippen LogP) is 2.96. The van der Waals surface area contributed by atoms with Crippen molar-refractivity contribution in [2.75, 3.05) is 12.0 Å². The molecule has 0 aliphatic carbocycles. The van der Waals surface area contributed by atoms with Crippen LogP contribution >= 0.6 is 11.8 Å². The van der Waals surface area contributed by atoms with Crippen LogP contribution in [-0.4, -0.2) is 42.2 Å². The van der Waals surface area contributed by atoms with Crippen molar-refractivity contribution in [1.82, 2.24) is 19.8 Å². The van der Waals surface area contributed by atoms with Crippen LogP contribution < -0.4 is 10.0 Å². The maximum atomic E-state index is 12.9. The lowest BCUT2D eigenvalue weighted by molar-refractivity contribution is -0.122. The fourth-order valence-corrected chi connectivity index (χ4v) is 4.88. The lowest BCUT2D eigenvalue weighted by atomic mass is 10.1. The number of carbonyl (C=O) groups is 1. The number of aromatic nitrogens is 2. The Morgan fingerprint density at radius 2 is 1.88 bits per heavy atom. The second-order valence-electron chi connectivity index (χ2n) is 7.51. The molecule has 0 aliphatic heterocycles. The number of aryl methyl sites for hydroxylation is 1. The van der Waals surface area contributed by atoms with Crippen molar-refractivity contribution < 1.29 is 13.2 Å². The van der Waals surface area contributed by atoms with Gasteiger partial charge in [0, 0.05) is 18.9 Å². The van der Waals surface area contributed by atoms with E-state index in [4.69, 9.17) is 0 Å². The van der Waals surface area contributed by atoms with Gasteiger partial charge >= 0.3 is 0 Å². The molecule has 1 unspecified atom stereocenters. The van der Waals surface area contributed by atoms with E-state index < -0.39 is 16.1 Å². The van der Waals surface area contributed by atoms with Gasteiger partial charge in [-0.25, -0.2) is 8.42 Å². The Balaban J connectivity index is 1.65. The summed E-state index contributed by atoms with van der Waals surface area (Å²) < 4.78 is 30.0. The Morgan fingerprint density at radius 1 is 1.12 bits per heavy atom. The molecule has 0 saturated carbocycles. The zero-order chi connectivity index (χ0) is 23.0. The summed E-state index contributed by atoms with van der Waals surface area (Å²) in [6, 6.07) is 15.5. The molecular formula is C23H28N4O3S2. The van der Waals surface area contributed by atoms with Gasteiger partial charge in [0.2, 0.25) is 15.9 Å². The number of sulfonamides is 1. The normalized spacial score (nSPS) is 12.4. The summed E-state index contributed by atoms with van der Waals surface area (Å²) in [5.41, 5.74) is 2.97. The summed E-state index contributed by atoms with van der Waals surface area (Å²) >= 11 is 1.57. The number of carbonyl (C=O) groups excluding carboxylic acids is 1. The van der Waals surface area contributed by atoms with Gasteiger partial charge in [0.05, 0.1) is 11.4 Å². The highest BCUT2D eigenvalue weighted by Crippen LogP contribution is 2.13. The molecule has 3 rings (SSSR count). The molecule has 7 nitrogen and oxygen atoms in total. The first-order chi connectivity index (χ1) is 15.4. The van der Waals surface area contributed by atoms with Gasteiger partial charge in [0.1, 0.15) is 6.04 Å². The third-order valence-corrected chi connectivity index (χ3v) is 7.05. The zero-order valence-corrected chi connectivity index (χ0v) is 19.8. The van der Waals surface area contributed by atoms with Crippen LogP contribution in [0, 0.1) is 6.92 Å². The minimum Gasteiger partial charge on any atom is -0.351 e. The first-order valence-corrected chi connectivity index (χ1v) is 13.2. The number of hydrogen-bond donors (Lipinski definition) is 2. The molecule has 32 heavy (non-hydrogen) atoms. The van der Waals surface area contributed by atoms with E-state index in [1.807, 2.05) is 54.4 Å². The Morgan fingerprint density at radius 3 is 2.56 bits per heavy atom. The number of hydrogen-bond acceptors (Lipinski definition) is 5. The number of nitrogens with one attached hydrogen (secondary N) is 2.